The van der Waals surface area contributed by atoms with Crippen LogP contribution >= 0.6 is 11.6 Å². The van der Waals surface area contributed by atoms with E-state index in [9.17, 15) is 9.59 Å². The first-order valence-electron chi connectivity index (χ1n) is 12.2. The first-order valence-corrected chi connectivity index (χ1v) is 12.6. The zero-order valence-corrected chi connectivity index (χ0v) is 22.3. The van der Waals surface area contributed by atoms with E-state index >= 15 is 0 Å². The molecule has 2 amide bonds. The van der Waals surface area contributed by atoms with Gasteiger partial charge in [0, 0.05) is 35.1 Å². The van der Waals surface area contributed by atoms with Crippen LogP contribution in [0.4, 0.5) is 16.2 Å². The molecule has 4 rings (SSSR count). The van der Waals surface area contributed by atoms with Crippen molar-refractivity contribution in [1.29, 1.82) is 0 Å². The van der Waals surface area contributed by atoms with Crippen molar-refractivity contribution in [2.75, 3.05) is 37.8 Å². The number of aromatic nitrogens is 4. The fraction of sp³-hybridized carbons (Fsp3) is 0.222. The number of benzene rings is 3. The second-order valence-corrected chi connectivity index (χ2v) is 9.38. The minimum Gasteiger partial charge on any atom is -0.444 e. The maximum atomic E-state index is 13.4. The molecule has 1 aromatic heterocycles. The molecule has 0 aliphatic rings. The van der Waals surface area contributed by atoms with E-state index in [1.54, 1.807) is 18.2 Å². The highest BCUT2D eigenvalue weighted by molar-refractivity contribution is 6.31. The molecule has 0 aliphatic carbocycles. The molecule has 0 unspecified atom stereocenters. The Morgan fingerprint density at radius 3 is 2.59 bits per heavy atom. The minimum absolute atomic E-state index is 0.120. The molecule has 0 spiro atoms. The number of carbonyl (C=O) groups is 2. The van der Waals surface area contributed by atoms with Crippen LogP contribution in [0.3, 0.4) is 0 Å². The van der Waals surface area contributed by atoms with Crippen molar-refractivity contribution in [2.45, 2.75) is 12.6 Å². The quantitative estimate of drug-likeness (QED) is 0.220. The molecule has 4 N–H and O–H groups in total. The van der Waals surface area contributed by atoms with Crippen LogP contribution in [-0.2, 0) is 16.1 Å². The molecule has 1 heterocycles. The van der Waals surface area contributed by atoms with Gasteiger partial charge in [-0.25, -0.2) is 4.79 Å². The maximum Gasteiger partial charge on any atom is 0.411 e. The lowest BCUT2D eigenvalue weighted by Gasteiger charge is -2.22. The van der Waals surface area contributed by atoms with Gasteiger partial charge in [-0.2, -0.15) is 5.21 Å². The van der Waals surface area contributed by atoms with Crippen molar-refractivity contribution in [3.8, 4) is 11.4 Å². The highest BCUT2D eigenvalue weighted by atomic mass is 35.5. The number of rotatable bonds is 11. The number of amides is 2. The van der Waals surface area contributed by atoms with Gasteiger partial charge in [0.05, 0.1) is 0 Å². The van der Waals surface area contributed by atoms with Crippen LogP contribution in [0.15, 0.2) is 72.8 Å². The smallest absolute Gasteiger partial charge is 0.411 e. The van der Waals surface area contributed by atoms with Crippen molar-refractivity contribution in [3.63, 3.8) is 0 Å². The Hall–Kier alpha value is -4.48. The summed E-state index contributed by atoms with van der Waals surface area (Å²) in [4.78, 5) is 27.8. The average molecular weight is 549 g/mol. The molecular formula is C27H29ClN8O3. The molecule has 1 atom stereocenters. The van der Waals surface area contributed by atoms with Gasteiger partial charge in [0.25, 0.3) is 0 Å². The van der Waals surface area contributed by atoms with Crippen LogP contribution < -0.4 is 16.0 Å². The molecule has 202 valence electrons. The van der Waals surface area contributed by atoms with E-state index in [1.807, 2.05) is 73.6 Å². The number of halogens is 1. The monoisotopic (exact) mass is 548 g/mol. The summed E-state index contributed by atoms with van der Waals surface area (Å²) < 4.78 is 5.33. The Labute approximate surface area is 230 Å². The van der Waals surface area contributed by atoms with Crippen LogP contribution in [0.5, 0.6) is 0 Å². The van der Waals surface area contributed by atoms with Gasteiger partial charge < -0.3 is 20.3 Å². The lowest BCUT2D eigenvalue weighted by atomic mass is 10.0. The molecule has 0 saturated carbocycles. The van der Waals surface area contributed by atoms with Crippen molar-refractivity contribution < 1.29 is 14.3 Å². The van der Waals surface area contributed by atoms with E-state index in [0.29, 0.717) is 40.9 Å². The van der Waals surface area contributed by atoms with E-state index in [2.05, 4.69) is 36.6 Å². The fourth-order valence-electron chi connectivity index (χ4n) is 3.73. The number of nitrogens with one attached hydrogen (secondary N) is 4. The third-order valence-corrected chi connectivity index (χ3v) is 5.83. The van der Waals surface area contributed by atoms with Crippen LogP contribution in [0, 0.1) is 0 Å². The largest absolute Gasteiger partial charge is 0.444 e. The maximum absolute atomic E-state index is 13.4. The Kier molecular flexibility index (Phi) is 9.44. The predicted molar refractivity (Wildman–Crippen MR) is 149 cm³/mol. The van der Waals surface area contributed by atoms with E-state index in [-0.39, 0.29) is 12.5 Å². The summed E-state index contributed by atoms with van der Waals surface area (Å²) in [5.41, 5.74) is 3.18. The number of H-pyrrole nitrogens is 1. The molecular weight excluding hydrogens is 520 g/mol. The number of hydrogen-bond donors (Lipinski definition) is 4. The van der Waals surface area contributed by atoms with Crippen LogP contribution in [0.25, 0.3) is 11.4 Å². The predicted octanol–water partition coefficient (Wildman–Crippen LogP) is 4.10. The molecule has 0 bridgehead atoms. The first kappa shape index (κ1) is 27.6. The zero-order valence-electron chi connectivity index (χ0n) is 21.5. The first-order chi connectivity index (χ1) is 18.9. The Morgan fingerprint density at radius 2 is 1.85 bits per heavy atom. The summed E-state index contributed by atoms with van der Waals surface area (Å²) >= 11 is 6.41. The summed E-state index contributed by atoms with van der Waals surface area (Å²) in [6, 6.07) is 20.8. The van der Waals surface area contributed by atoms with Gasteiger partial charge >= 0.3 is 6.09 Å². The third kappa shape index (κ3) is 8.25. The fourth-order valence-corrected chi connectivity index (χ4v) is 3.98. The number of nitrogens with zero attached hydrogens (tertiary/aromatic N) is 4. The van der Waals surface area contributed by atoms with Gasteiger partial charge in [-0.15, -0.1) is 10.2 Å². The number of anilines is 2. The van der Waals surface area contributed by atoms with Crippen LogP contribution in [0.2, 0.25) is 5.02 Å². The Balaban J connectivity index is 1.54. The van der Waals surface area contributed by atoms with Gasteiger partial charge in [0.2, 0.25) is 11.7 Å². The SMILES string of the molecule is CN(C)CCNC(=O)[C@H](Nc1cccc(-c2nn[nH]n2)c1)c1cc(Cl)cc(NC(=O)OCc2ccccc2)c1. The topological polar surface area (TPSA) is 137 Å². The van der Waals surface area contributed by atoms with Gasteiger partial charge in [-0.05, 0) is 60.8 Å². The summed E-state index contributed by atoms with van der Waals surface area (Å²) in [6.07, 6.45) is -0.639. The van der Waals surface area contributed by atoms with Crippen molar-refractivity contribution in [3.05, 3.63) is 88.9 Å². The van der Waals surface area contributed by atoms with Crippen LogP contribution in [0.1, 0.15) is 17.2 Å². The Bertz CT molecular complexity index is 1380. The average Bonchev–Trinajstić information content (AvgIpc) is 3.46. The van der Waals surface area contributed by atoms with E-state index in [0.717, 1.165) is 11.1 Å². The second kappa shape index (κ2) is 13.4. The standard InChI is InChI=1S/C27H29ClN8O3/c1-36(2)12-11-29-26(37)24(30-22-10-6-9-19(14-22)25-32-34-35-33-25)20-13-21(28)16-23(15-20)31-27(38)39-17-18-7-4-3-5-8-18/h3-10,13-16,24,30H,11-12,17H2,1-2H3,(H,29,37)(H,31,38)(H,32,33,34,35)/t24-/m1/s1. The van der Waals surface area contributed by atoms with Gasteiger partial charge in [0.15, 0.2) is 0 Å². The molecule has 0 radical (unpaired) electrons. The van der Waals surface area contributed by atoms with Crippen LogP contribution in [-0.4, -0.2) is 64.7 Å². The summed E-state index contributed by atoms with van der Waals surface area (Å²) in [5.74, 6) is 0.163. The number of aromatic amines is 1. The number of ether oxygens (including phenoxy) is 1. The van der Waals surface area contributed by atoms with Gasteiger partial charge in [-0.3, -0.25) is 10.1 Å². The van der Waals surface area contributed by atoms with Crippen molar-refractivity contribution >= 4 is 35.0 Å². The number of tetrazole rings is 1. The van der Waals surface area contributed by atoms with Crippen molar-refractivity contribution in [2.24, 2.45) is 0 Å². The summed E-state index contributed by atoms with van der Waals surface area (Å²) in [5, 5.41) is 23.3. The molecule has 11 nitrogen and oxygen atoms in total. The van der Waals surface area contributed by atoms with Gasteiger partial charge in [0.1, 0.15) is 12.6 Å². The third-order valence-electron chi connectivity index (χ3n) is 5.61. The highest BCUT2D eigenvalue weighted by Crippen LogP contribution is 2.28. The van der Waals surface area contributed by atoms with E-state index in [4.69, 9.17) is 16.3 Å². The highest BCUT2D eigenvalue weighted by Gasteiger charge is 2.22. The molecule has 0 aliphatic heterocycles. The van der Waals surface area contributed by atoms with Crippen molar-refractivity contribution in [1.82, 2.24) is 30.8 Å². The summed E-state index contributed by atoms with van der Waals surface area (Å²) in [6.45, 7) is 1.24. The molecule has 4 aromatic rings. The van der Waals surface area contributed by atoms with E-state index in [1.165, 1.54) is 0 Å². The number of likely N-dealkylation sites (N-methyl/N-ethyl adjacent to an activating group) is 1. The zero-order chi connectivity index (χ0) is 27.6. The summed E-state index contributed by atoms with van der Waals surface area (Å²) in [7, 11) is 3.86. The normalized spacial score (nSPS) is 11.6. The minimum atomic E-state index is -0.827. The van der Waals surface area contributed by atoms with Gasteiger partial charge in [-0.1, -0.05) is 54.1 Å². The number of carbonyl (C=O) groups excluding carboxylic acids is 2. The lowest BCUT2D eigenvalue weighted by Crippen LogP contribution is -2.37. The lowest BCUT2D eigenvalue weighted by molar-refractivity contribution is -0.122. The molecule has 12 heteroatoms. The van der Waals surface area contributed by atoms with E-state index < -0.39 is 12.1 Å². The molecule has 3 aromatic carbocycles. The molecule has 39 heavy (non-hydrogen) atoms. The second-order valence-electron chi connectivity index (χ2n) is 8.95. The Morgan fingerprint density at radius 1 is 1.03 bits per heavy atom. The molecule has 0 saturated heterocycles. The molecule has 0 fully saturated rings. The number of hydrogen-bond acceptors (Lipinski definition) is 8.